The molecule has 0 aliphatic rings. The van der Waals surface area contributed by atoms with Gasteiger partial charge < -0.3 is 5.11 Å². The first-order chi connectivity index (χ1) is 8.27. The van der Waals surface area contributed by atoms with E-state index in [1.165, 1.54) is 13.1 Å². The van der Waals surface area contributed by atoms with E-state index >= 15 is 0 Å². The summed E-state index contributed by atoms with van der Waals surface area (Å²) in [6, 6.07) is 4.21. The van der Waals surface area contributed by atoms with E-state index in [4.69, 9.17) is 28.3 Å². The van der Waals surface area contributed by atoms with Gasteiger partial charge in [0.15, 0.2) is 0 Å². The Balaban J connectivity index is 2.95. The SMILES string of the molecule is CC(CO)N(C)S(=O)(=O)Cc1ccc(Cl)cc1Cl. The molecule has 0 aliphatic carbocycles. The summed E-state index contributed by atoms with van der Waals surface area (Å²) < 4.78 is 25.3. The van der Waals surface area contributed by atoms with Crippen molar-refractivity contribution in [2.24, 2.45) is 0 Å². The Morgan fingerprint density at radius 3 is 2.50 bits per heavy atom. The standard InChI is InChI=1S/C11H15Cl2NO3S/c1-8(6-15)14(2)18(16,17)7-9-3-4-10(12)5-11(9)13/h3-5,8,15H,6-7H2,1-2H3. The summed E-state index contributed by atoms with van der Waals surface area (Å²) >= 11 is 11.7. The molecule has 1 rings (SSSR count). The lowest BCUT2D eigenvalue weighted by molar-refractivity contribution is 0.213. The minimum absolute atomic E-state index is 0.218. The Bertz CT molecular complexity index is 519. The second-order valence-electron chi connectivity index (χ2n) is 4.04. The van der Waals surface area contributed by atoms with Gasteiger partial charge in [-0.05, 0) is 24.6 Å². The summed E-state index contributed by atoms with van der Waals surface area (Å²) in [5.74, 6) is -0.218. The van der Waals surface area contributed by atoms with Gasteiger partial charge in [0.2, 0.25) is 10.0 Å². The smallest absolute Gasteiger partial charge is 0.218 e. The van der Waals surface area contributed by atoms with Gasteiger partial charge in [0.05, 0.1) is 12.4 Å². The van der Waals surface area contributed by atoms with Crippen molar-refractivity contribution in [3.63, 3.8) is 0 Å². The third-order valence-corrected chi connectivity index (χ3v) is 5.18. The fraction of sp³-hybridized carbons (Fsp3) is 0.455. The van der Waals surface area contributed by atoms with E-state index in [-0.39, 0.29) is 12.4 Å². The summed E-state index contributed by atoms with van der Waals surface area (Å²) in [5.41, 5.74) is 0.484. The van der Waals surface area contributed by atoms with Crippen molar-refractivity contribution in [2.75, 3.05) is 13.7 Å². The number of nitrogens with zero attached hydrogens (tertiary/aromatic N) is 1. The quantitative estimate of drug-likeness (QED) is 0.906. The van der Waals surface area contributed by atoms with E-state index in [0.29, 0.717) is 15.6 Å². The third-order valence-electron chi connectivity index (χ3n) is 2.68. The molecule has 0 heterocycles. The molecule has 7 heteroatoms. The highest BCUT2D eigenvalue weighted by Crippen LogP contribution is 2.23. The highest BCUT2D eigenvalue weighted by atomic mass is 35.5. The van der Waals surface area contributed by atoms with Gasteiger partial charge in [0, 0.05) is 23.1 Å². The van der Waals surface area contributed by atoms with Crippen LogP contribution in [0.4, 0.5) is 0 Å². The summed E-state index contributed by atoms with van der Waals surface area (Å²) in [7, 11) is -2.08. The average Bonchev–Trinajstić information content (AvgIpc) is 2.30. The molecule has 0 aliphatic heterocycles. The molecule has 0 radical (unpaired) electrons. The molecular weight excluding hydrogens is 297 g/mol. The number of aliphatic hydroxyl groups excluding tert-OH is 1. The number of hydrogen-bond acceptors (Lipinski definition) is 3. The molecule has 0 saturated carbocycles. The zero-order valence-electron chi connectivity index (χ0n) is 10.1. The van der Waals surface area contributed by atoms with Crippen molar-refractivity contribution in [1.29, 1.82) is 0 Å². The van der Waals surface area contributed by atoms with Crippen LogP contribution in [-0.2, 0) is 15.8 Å². The van der Waals surface area contributed by atoms with Crippen molar-refractivity contribution in [1.82, 2.24) is 4.31 Å². The van der Waals surface area contributed by atoms with Gasteiger partial charge in [0.25, 0.3) is 0 Å². The molecule has 0 aromatic heterocycles. The predicted molar refractivity (Wildman–Crippen MR) is 73.4 cm³/mol. The van der Waals surface area contributed by atoms with E-state index in [2.05, 4.69) is 0 Å². The van der Waals surface area contributed by atoms with Gasteiger partial charge in [-0.25, -0.2) is 8.42 Å². The highest BCUT2D eigenvalue weighted by Gasteiger charge is 2.24. The number of sulfonamides is 1. The Morgan fingerprint density at radius 1 is 1.39 bits per heavy atom. The predicted octanol–water partition coefficient (Wildman–Crippen LogP) is 2.14. The van der Waals surface area contributed by atoms with Gasteiger partial charge in [0.1, 0.15) is 0 Å². The second-order valence-corrected chi connectivity index (χ2v) is 6.91. The van der Waals surface area contributed by atoms with Crippen LogP contribution in [0.25, 0.3) is 0 Å². The minimum atomic E-state index is -3.51. The lowest BCUT2D eigenvalue weighted by Gasteiger charge is -2.22. The van der Waals surface area contributed by atoms with Gasteiger partial charge >= 0.3 is 0 Å². The van der Waals surface area contributed by atoms with Gasteiger partial charge in [-0.3, -0.25) is 0 Å². The van der Waals surface area contributed by atoms with Gasteiger partial charge in [-0.15, -0.1) is 0 Å². The molecule has 1 aromatic carbocycles. The van der Waals surface area contributed by atoms with Crippen LogP contribution < -0.4 is 0 Å². The maximum Gasteiger partial charge on any atom is 0.218 e. The number of rotatable bonds is 5. The third kappa shape index (κ3) is 3.83. The summed E-state index contributed by atoms with van der Waals surface area (Å²) in [6.07, 6.45) is 0. The van der Waals surface area contributed by atoms with Crippen LogP contribution in [-0.4, -0.2) is 37.5 Å². The Kier molecular flexibility index (Phi) is 5.43. The summed E-state index contributed by atoms with van der Waals surface area (Å²) in [5, 5.41) is 9.75. The second kappa shape index (κ2) is 6.21. The normalized spacial score (nSPS) is 13.9. The largest absolute Gasteiger partial charge is 0.395 e. The first-order valence-corrected chi connectivity index (χ1v) is 7.65. The van der Waals surface area contributed by atoms with Crippen LogP contribution in [0.5, 0.6) is 0 Å². The molecule has 18 heavy (non-hydrogen) atoms. The number of hydrogen-bond donors (Lipinski definition) is 1. The van der Waals surface area contributed by atoms with Crippen LogP contribution >= 0.6 is 23.2 Å². The fourth-order valence-corrected chi connectivity index (χ4v) is 3.34. The van der Waals surface area contributed by atoms with E-state index in [1.54, 1.807) is 19.1 Å². The summed E-state index contributed by atoms with van der Waals surface area (Å²) in [4.78, 5) is 0. The number of benzene rings is 1. The Hall–Kier alpha value is -0.330. The van der Waals surface area contributed by atoms with Gasteiger partial charge in [-0.2, -0.15) is 4.31 Å². The number of likely N-dealkylation sites (N-methyl/N-ethyl adjacent to an activating group) is 1. The van der Waals surface area contributed by atoms with Gasteiger partial charge in [-0.1, -0.05) is 29.3 Å². The maximum absolute atomic E-state index is 12.1. The summed E-state index contributed by atoms with van der Waals surface area (Å²) in [6.45, 7) is 1.39. The highest BCUT2D eigenvalue weighted by molar-refractivity contribution is 7.88. The molecular formula is C11H15Cl2NO3S. The van der Waals surface area contributed by atoms with Crippen molar-refractivity contribution in [3.05, 3.63) is 33.8 Å². The molecule has 0 spiro atoms. The molecule has 0 bridgehead atoms. The lowest BCUT2D eigenvalue weighted by atomic mass is 10.2. The minimum Gasteiger partial charge on any atom is -0.395 e. The van der Waals surface area contributed by atoms with Crippen LogP contribution in [0.1, 0.15) is 12.5 Å². The molecule has 1 unspecified atom stereocenters. The Labute approximate surface area is 117 Å². The number of aliphatic hydroxyl groups is 1. The van der Waals surface area contributed by atoms with E-state index in [9.17, 15) is 8.42 Å². The van der Waals surface area contributed by atoms with Crippen molar-refractivity contribution < 1.29 is 13.5 Å². The molecule has 1 aromatic rings. The monoisotopic (exact) mass is 311 g/mol. The van der Waals surface area contributed by atoms with E-state index < -0.39 is 16.1 Å². The molecule has 1 N–H and O–H groups in total. The van der Waals surface area contributed by atoms with E-state index in [1.807, 2.05) is 0 Å². The molecule has 0 saturated heterocycles. The zero-order valence-corrected chi connectivity index (χ0v) is 12.4. The van der Waals surface area contributed by atoms with Crippen molar-refractivity contribution in [3.8, 4) is 0 Å². The maximum atomic E-state index is 12.1. The number of halogens is 2. The molecule has 0 fully saturated rings. The molecule has 0 amide bonds. The Morgan fingerprint density at radius 2 is 2.00 bits per heavy atom. The first kappa shape index (κ1) is 15.7. The average molecular weight is 312 g/mol. The van der Waals surface area contributed by atoms with Crippen LogP contribution in [0.2, 0.25) is 10.0 Å². The van der Waals surface area contributed by atoms with Crippen molar-refractivity contribution >= 4 is 33.2 Å². The molecule has 102 valence electrons. The molecule has 4 nitrogen and oxygen atoms in total. The topological polar surface area (TPSA) is 57.6 Å². The first-order valence-electron chi connectivity index (χ1n) is 5.28. The van der Waals surface area contributed by atoms with Crippen LogP contribution in [0.15, 0.2) is 18.2 Å². The van der Waals surface area contributed by atoms with Crippen LogP contribution in [0, 0.1) is 0 Å². The lowest BCUT2D eigenvalue weighted by Crippen LogP contribution is -2.38. The molecule has 1 atom stereocenters. The van der Waals surface area contributed by atoms with Crippen molar-refractivity contribution in [2.45, 2.75) is 18.7 Å². The zero-order chi connectivity index (χ0) is 13.9. The van der Waals surface area contributed by atoms with Crippen LogP contribution in [0.3, 0.4) is 0 Å². The van der Waals surface area contributed by atoms with E-state index in [0.717, 1.165) is 4.31 Å². The fourth-order valence-electron chi connectivity index (χ4n) is 1.33.